The van der Waals surface area contributed by atoms with Crippen LogP contribution >= 0.6 is 0 Å². The summed E-state index contributed by atoms with van der Waals surface area (Å²) in [6.07, 6.45) is -3.84. The number of hydrogen-bond donors (Lipinski definition) is 2. The third-order valence-electron chi connectivity index (χ3n) is 2.91. The van der Waals surface area contributed by atoms with Gasteiger partial charge < -0.3 is 15.2 Å². The first-order valence-corrected chi connectivity index (χ1v) is 4.88. The van der Waals surface area contributed by atoms with Crippen molar-refractivity contribution in [3.63, 3.8) is 0 Å². The third-order valence-corrected chi connectivity index (χ3v) is 2.91. The summed E-state index contributed by atoms with van der Waals surface area (Å²) in [5.41, 5.74) is -1.23. The molecule has 5 nitrogen and oxygen atoms in total. The first-order valence-electron chi connectivity index (χ1n) is 4.88. The molecule has 1 amide bonds. The first-order chi connectivity index (χ1) is 7.73. The van der Waals surface area contributed by atoms with Gasteiger partial charge in [0.25, 0.3) is 0 Å². The van der Waals surface area contributed by atoms with Gasteiger partial charge in [0.15, 0.2) is 6.04 Å². The summed E-state index contributed by atoms with van der Waals surface area (Å²) in [6.45, 7) is 0. The lowest BCUT2D eigenvalue weighted by molar-refractivity contribution is -0.182. The zero-order valence-electron chi connectivity index (χ0n) is 9.00. The van der Waals surface area contributed by atoms with Crippen LogP contribution in [0.2, 0.25) is 0 Å². The molecule has 1 rings (SSSR count). The quantitative estimate of drug-likeness (QED) is 0.774. The molecule has 0 aromatic rings. The number of nitrogens with one attached hydrogen (secondary N) is 1. The zero-order chi connectivity index (χ0) is 13.3. The number of hydrogen-bond acceptors (Lipinski definition) is 3. The number of rotatable bonds is 4. The smallest absolute Gasteiger partial charge is 0.471 e. The van der Waals surface area contributed by atoms with E-state index >= 15 is 0 Å². The number of halogens is 3. The fraction of sp³-hybridized carbons (Fsp3) is 0.778. The molecule has 1 fully saturated rings. The third kappa shape index (κ3) is 2.68. The van der Waals surface area contributed by atoms with Gasteiger partial charge in [-0.2, -0.15) is 13.2 Å². The summed E-state index contributed by atoms with van der Waals surface area (Å²) in [5.74, 6) is -3.81. The summed E-state index contributed by atoms with van der Waals surface area (Å²) >= 11 is 0. The molecule has 0 aromatic carbocycles. The van der Waals surface area contributed by atoms with E-state index in [-0.39, 0.29) is 0 Å². The van der Waals surface area contributed by atoms with Crippen molar-refractivity contribution in [3.05, 3.63) is 0 Å². The van der Waals surface area contributed by atoms with Crippen LogP contribution in [0.25, 0.3) is 0 Å². The van der Waals surface area contributed by atoms with Crippen LogP contribution in [0.3, 0.4) is 0 Å². The lowest BCUT2D eigenvalue weighted by Crippen LogP contribution is -2.62. The van der Waals surface area contributed by atoms with Gasteiger partial charge in [-0.15, -0.1) is 0 Å². The monoisotopic (exact) mass is 255 g/mol. The maximum Gasteiger partial charge on any atom is 0.471 e. The molecule has 0 bridgehead atoms. The molecule has 0 radical (unpaired) electrons. The van der Waals surface area contributed by atoms with Crippen LogP contribution in [0.1, 0.15) is 19.3 Å². The summed E-state index contributed by atoms with van der Waals surface area (Å²) in [4.78, 5) is 21.6. The topological polar surface area (TPSA) is 75.6 Å². The molecule has 1 aliphatic rings. The number of carbonyl (C=O) groups is 2. The molecule has 1 saturated carbocycles. The average molecular weight is 255 g/mol. The molecule has 0 aliphatic heterocycles. The zero-order valence-corrected chi connectivity index (χ0v) is 9.00. The molecule has 1 unspecified atom stereocenters. The Kier molecular flexibility index (Phi) is 3.65. The van der Waals surface area contributed by atoms with E-state index < -0.39 is 29.7 Å². The molecule has 2 N–H and O–H groups in total. The Bertz CT molecular complexity index is 319. The maximum absolute atomic E-state index is 12.0. The van der Waals surface area contributed by atoms with Crippen LogP contribution in [0, 0.1) is 0 Å². The standard InChI is InChI=1S/C9H12F3NO4/c1-17-8(3-2-4-8)5(6(14)15)13-7(16)9(10,11)12/h5H,2-4H2,1H3,(H,13,16)(H,14,15). The molecule has 98 valence electrons. The molecule has 0 spiro atoms. The Labute approximate surface area is 94.9 Å². The van der Waals surface area contributed by atoms with Crippen molar-refractivity contribution in [2.24, 2.45) is 0 Å². The number of amides is 1. The Balaban J connectivity index is 2.81. The minimum Gasteiger partial charge on any atom is -0.480 e. The van der Waals surface area contributed by atoms with E-state index in [0.29, 0.717) is 19.3 Å². The van der Waals surface area contributed by atoms with Crippen LogP contribution in [-0.4, -0.2) is 41.9 Å². The second kappa shape index (κ2) is 4.52. The molecule has 0 aromatic heterocycles. The van der Waals surface area contributed by atoms with Gasteiger partial charge in [-0.3, -0.25) is 4.79 Å². The number of alkyl halides is 3. The van der Waals surface area contributed by atoms with Gasteiger partial charge in [0.1, 0.15) is 0 Å². The lowest BCUT2D eigenvalue weighted by Gasteiger charge is -2.44. The predicted octanol–water partition coefficient (Wildman–Crippen LogP) is 0.687. The minimum absolute atomic E-state index is 0.304. The van der Waals surface area contributed by atoms with Crippen molar-refractivity contribution in [2.45, 2.75) is 37.1 Å². The molecular weight excluding hydrogens is 243 g/mol. The van der Waals surface area contributed by atoms with Crippen molar-refractivity contribution < 1.29 is 32.6 Å². The van der Waals surface area contributed by atoms with Gasteiger partial charge in [-0.25, -0.2) is 4.79 Å². The number of carboxylic acids is 1. The van der Waals surface area contributed by atoms with Gasteiger partial charge in [0, 0.05) is 7.11 Å². The fourth-order valence-electron chi connectivity index (χ4n) is 1.77. The van der Waals surface area contributed by atoms with Gasteiger partial charge in [0.05, 0.1) is 5.60 Å². The maximum atomic E-state index is 12.0. The molecule has 0 saturated heterocycles. The van der Waals surface area contributed by atoms with Crippen LogP contribution in [0.15, 0.2) is 0 Å². The van der Waals surface area contributed by atoms with Gasteiger partial charge in [0.2, 0.25) is 0 Å². The van der Waals surface area contributed by atoms with Crippen LogP contribution in [0.5, 0.6) is 0 Å². The predicted molar refractivity (Wildman–Crippen MR) is 49.2 cm³/mol. The largest absolute Gasteiger partial charge is 0.480 e. The highest BCUT2D eigenvalue weighted by Gasteiger charge is 2.52. The molecular formula is C9H12F3NO4. The molecule has 17 heavy (non-hydrogen) atoms. The Morgan fingerprint density at radius 1 is 1.41 bits per heavy atom. The van der Waals surface area contributed by atoms with E-state index in [9.17, 15) is 22.8 Å². The Hall–Kier alpha value is -1.31. The average Bonchev–Trinajstić information content (AvgIpc) is 2.13. The van der Waals surface area contributed by atoms with E-state index in [0.717, 1.165) is 0 Å². The van der Waals surface area contributed by atoms with Crippen LogP contribution in [-0.2, 0) is 14.3 Å². The fourth-order valence-corrected chi connectivity index (χ4v) is 1.77. The second-order valence-corrected chi connectivity index (χ2v) is 3.86. The normalized spacial score (nSPS) is 20.2. The van der Waals surface area contributed by atoms with Gasteiger partial charge >= 0.3 is 18.1 Å². The molecule has 1 atom stereocenters. The van der Waals surface area contributed by atoms with E-state index in [1.165, 1.54) is 12.4 Å². The molecule has 8 heteroatoms. The summed E-state index contributed by atoms with van der Waals surface area (Å²) < 4.78 is 41.1. The number of aliphatic carboxylic acids is 1. The van der Waals surface area contributed by atoms with E-state index in [2.05, 4.69) is 0 Å². The molecule has 1 aliphatic carbocycles. The first kappa shape index (κ1) is 13.8. The Morgan fingerprint density at radius 3 is 2.18 bits per heavy atom. The summed E-state index contributed by atoms with van der Waals surface area (Å²) in [6, 6.07) is -1.68. The van der Waals surface area contributed by atoms with E-state index in [1.54, 1.807) is 0 Å². The van der Waals surface area contributed by atoms with Crippen molar-refractivity contribution in [2.75, 3.05) is 7.11 Å². The minimum atomic E-state index is -5.10. The van der Waals surface area contributed by atoms with Crippen molar-refractivity contribution in [1.82, 2.24) is 5.32 Å². The van der Waals surface area contributed by atoms with Crippen LogP contribution < -0.4 is 5.32 Å². The number of methoxy groups -OCH3 is 1. The number of ether oxygens (including phenoxy) is 1. The highest BCUT2D eigenvalue weighted by molar-refractivity contribution is 5.87. The van der Waals surface area contributed by atoms with Crippen molar-refractivity contribution in [3.8, 4) is 0 Å². The molecule has 0 heterocycles. The Morgan fingerprint density at radius 2 is 1.94 bits per heavy atom. The SMILES string of the molecule is COC1(C(NC(=O)C(F)(F)F)C(=O)O)CCC1. The van der Waals surface area contributed by atoms with E-state index in [4.69, 9.17) is 9.84 Å². The number of carboxylic acid groups (broad SMARTS) is 1. The van der Waals surface area contributed by atoms with Gasteiger partial charge in [-0.05, 0) is 19.3 Å². The van der Waals surface area contributed by atoms with Crippen LogP contribution in [0.4, 0.5) is 13.2 Å². The highest BCUT2D eigenvalue weighted by Crippen LogP contribution is 2.38. The second-order valence-electron chi connectivity index (χ2n) is 3.86. The van der Waals surface area contributed by atoms with E-state index in [1.807, 2.05) is 0 Å². The highest BCUT2D eigenvalue weighted by atomic mass is 19.4. The number of carbonyl (C=O) groups excluding carboxylic acids is 1. The summed E-state index contributed by atoms with van der Waals surface area (Å²) in [7, 11) is 1.22. The van der Waals surface area contributed by atoms with Crippen molar-refractivity contribution in [1.29, 1.82) is 0 Å². The lowest BCUT2D eigenvalue weighted by atomic mass is 9.74. The van der Waals surface area contributed by atoms with Gasteiger partial charge in [-0.1, -0.05) is 0 Å². The summed E-state index contributed by atoms with van der Waals surface area (Å²) in [5, 5.41) is 10.3. The van der Waals surface area contributed by atoms with Crippen molar-refractivity contribution >= 4 is 11.9 Å².